The fraction of sp³-hybridized carbons (Fsp3) is 0.353. The van der Waals surface area contributed by atoms with Crippen LogP contribution in [0.25, 0.3) is 10.8 Å². The largest absolute Gasteiger partial charge is 0.493 e. The molecule has 1 heterocycles. The molecule has 0 radical (unpaired) electrons. The van der Waals surface area contributed by atoms with Crippen LogP contribution in [-0.2, 0) is 9.53 Å². The van der Waals surface area contributed by atoms with Gasteiger partial charge in [-0.2, -0.15) is 8.78 Å². The molecule has 2 aromatic carbocycles. The molecule has 0 saturated carbocycles. The van der Waals surface area contributed by atoms with E-state index < -0.39 is 11.2 Å². The second-order valence-corrected chi connectivity index (χ2v) is 6.08. The van der Waals surface area contributed by atoms with Crippen molar-refractivity contribution < 1.29 is 23.0 Å². The first-order valence-corrected chi connectivity index (χ1v) is 8.06. The number of carbonyl (C=O) groups excluding carboxylic acids is 1. The minimum Gasteiger partial charge on any atom is -0.493 e. The van der Waals surface area contributed by atoms with Gasteiger partial charge in [-0.3, -0.25) is 4.79 Å². The van der Waals surface area contributed by atoms with Crippen molar-refractivity contribution in [1.82, 2.24) is 5.32 Å². The van der Waals surface area contributed by atoms with Gasteiger partial charge in [0.1, 0.15) is 11.9 Å². The molecule has 1 amide bonds. The summed E-state index contributed by atoms with van der Waals surface area (Å²) in [4.78, 5) is 11.0. The van der Waals surface area contributed by atoms with Crippen molar-refractivity contribution >= 4 is 29.3 Å². The number of ether oxygens (including phenoxy) is 2. The van der Waals surface area contributed by atoms with Gasteiger partial charge in [-0.1, -0.05) is 43.0 Å². The van der Waals surface area contributed by atoms with Crippen LogP contribution in [0, 0.1) is 0 Å². The lowest BCUT2D eigenvalue weighted by atomic mass is 10.0. The molecule has 0 spiro atoms. The van der Waals surface area contributed by atoms with Gasteiger partial charge in [0, 0.05) is 11.9 Å². The molecule has 128 valence electrons. The summed E-state index contributed by atoms with van der Waals surface area (Å²) in [5.41, 5.74) is 1.14. The van der Waals surface area contributed by atoms with Crippen LogP contribution in [0.5, 0.6) is 5.75 Å². The zero-order valence-electron chi connectivity index (χ0n) is 12.8. The maximum atomic E-state index is 12.6. The Morgan fingerprint density at radius 1 is 1.29 bits per heavy atom. The summed E-state index contributed by atoms with van der Waals surface area (Å²) in [6, 6.07) is 11.8. The molecule has 0 aliphatic carbocycles. The second-order valence-electron chi connectivity index (χ2n) is 5.52. The van der Waals surface area contributed by atoms with Crippen LogP contribution in [0.2, 0.25) is 0 Å². The van der Waals surface area contributed by atoms with Crippen LogP contribution in [0.3, 0.4) is 0 Å². The van der Waals surface area contributed by atoms with Gasteiger partial charge >= 0.3 is 11.2 Å². The molecule has 1 unspecified atom stereocenters. The van der Waals surface area contributed by atoms with Crippen LogP contribution in [0.4, 0.5) is 8.78 Å². The molecule has 3 rings (SSSR count). The highest BCUT2D eigenvalue weighted by Gasteiger charge is 2.33. The van der Waals surface area contributed by atoms with Gasteiger partial charge in [0.25, 0.3) is 0 Å². The quantitative estimate of drug-likeness (QED) is 0.456. The fourth-order valence-corrected chi connectivity index (χ4v) is 2.58. The molecule has 1 aliphatic heterocycles. The van der Waals surface area contributed by atoms with Crippen molar-refractivity contribution in [2.75, 3.05) is 19.8 Å². The van der Waals surface area contributed by atoms with Crippen molar-refractivity contribution in [2.24, 2.45) is 0 Å². The Morgan fingerprint density at radius 3 is 2.71 bits per heavy atom. The normalized spacial score (nSPS) is 16.9. The topological polar surface area (TPSA) is 50.9 Å². The number of fused-ring (bicyclic) bond motifs is 1. The molecule has 1 N–H and O–H groups in total. The summed E-state index contributed by atoms with van der Waals surface area (Å²) >= 11 is 2.92. The van der Waals surface area contributed by atoms with E-state index in [1.54, 1.807) is 0 Å². The molecular formula is C17H17F2NO3S. The smallest absolute Gasteiger partial charge is 0.367 e. The third-order valence-corrected chi connectivity index (χ3v) is 3.94. The standard InChI is InChI=1S/C17H17F2NO3S/c18-17(19,24)16(21)20-8-3-9-22-14-7-2-4-11-12(14)5-1-6-13(11)15-10-23-15/h1-2,4-7,15,24H,3,8-10H2,(H,20,21). The fourth-order valence-electron chi connectivity index (χ4n) is 2.50. The highest BCUT2D eigenvalue weighted by atomic mass is 32.1. The average Bonchev–Trinajstić information content (AvgIpc) is 3.38. The molecule has 1 saturated heterocycles. The van der Waals surface area contributed by atoms with Crippen molar-refractivity contribution in [3.8, 4) is 5.75 Å². The summed E-state index contributed by atoms with van der Waals surface area (Å²) in [5, 5.41) is 0.528. The zero-order valence-corrected chi connectivity index (χ0v) is 13.7. The van der Waals surface area contributed by atoms with E-state index in [0.717, 1.165) is 28.7 Å². The molecule has 24 heavy (non-hydrogen) atoms. The van der Waals surface area contributed by atoms with Crippen molar-refractivity contribution in [2.45, 2.75) is 17.8 Å². The Hall–Kier alpha value is -1.86. The molecule has 0 aromatic heterocycles. The number of halogens is 2. The van der Waals surface area contributed by atoms with Gasteiger partial charge in [0.2, 0.25) is 0 Å². The number of hydrogen-bond donors (Lipinski definition) is 2. The van der Waals surface area contributed by atoms with E-state index >= 15 is 0 Å². The number of thiol groups is 1. The Balaban J connectivity index is 1.58. The van der Waals surface area contributed by atoms with Crippen LogP contribution >= 0.6 is 12.6 Å². The van der Waals surface area contributed by atoms with Gasteiger partial charge in [-0.25, -0.2) is 0 Å². The number of amides is 1. The van der Waals surface area contributed by atoms with Crippen LogP contribution in [0.1, 0.15) is 18.1 Å². The zero-order chi connectivity index (χ0) is 17.2. The predicted octanol–water partition coefficient (Wildman–Crippen LogP) is 3.32. The summed E-state index contributed by atoms with van der Waals surface area (Å²) in [6.45, 7) is 1.14. The van der Waals surface area contributed by atoms with Crippen molar-refractivity contribution in [1.29, 1.82) is 0 Å². The number of carbonyl (C=O) groups is 1. The van der Waals surface area contributed by atoms with Gasteiger partial charge in [-0.05, 0) is 23.4 Å². The highest BCUT2D eigenvalue weighted by molar-refractivity contribution is 7.82. The van der Waals surface area contributed by atoms with E-state index in [1.165, 1.54) is 0 Å². The minimum atomic E-state index is -3.65. The van der Waals surface area contributed by atoms with Crippen LogP contribution in [0.15, 0.2) is 36.4 Å². The number of alkyl halides is 2. The van der Waals surface area contributed by atoms with E-state index in [1.807, 2.05) is 36.4 Å². The number of nitrogens with one attached hydrogen (secondary N) is 1. The summed E-state index contributed by atoms with van der Waals surface area (Å²) in [7, 11) is 0. The molecule has 2 aromatic rings. The lowest BCUT2D eigenvalue weighted by Gasteiger charge is -2.12. The van der Waals surface area contributed by atoms with Gasteiger partial charge in [-0.15, -0.1) is 0 Å². The minimum absolute atomic E-state index is 0.0981. The number of epoxide rings is 1. The van der Waals surface area contributed by atoms with Crippen molar-refractivity contribution in [3.05, 3.63) is 42.0 Å². The molecule has 1 aliphatic rings. The molecule has 7 heteroatoms. The Bertz CT molecular complexity index is 744. The molecule has 1 fully saturated rings. The van der Waals surface area contributed by atoms with Crippen molar-refractivity contribution in [3.63, 3.8) is 0 Å². The average molecular weight is 353 g/mol. The third kappa shape index (κ3) is 3.96. The summed E-state index contributed by atoms with van der Waals surface area (Å²) in [6.07, 6.45) is 0.569. The Kier molecular flexibility index (Phi) is 4.91. The van der Waals surface area contributed by atoms with E-state index in [2.05, 4.69) is 17.9 Å². The monoisotopic (exact) mass is 353 g/mol. The van der Waals surface area contributed by atoms with Crippen LogP contribution < -0.4 is 10.1 Å². The maximum absolute atomic E-state index is 12.6. The summed E-state index contributed by atoms with van der Waals surface area (Å²) in [5.74, 6) is -0.675. The molecule has 4 nitrogen and oxygen atoms in total. The van der Waals surface area contributed by atoms with Gasteiger partial charge in [0.05, 0.1) is 13.2 Å². The van der Waals surface area contributed by atoms with Crippen LogP contribution in [-0.4, -0.2) is 30.9 Å². The first-order valence-electron chi connectivity index (χ1n) is 7.61. The SMILES string of the molecule is O=C(NCCCOc1cccc2c(C3CO3)cccc12)C(F)(F)S. The highest BCUT2D eigenvalue weighted by Crippen LogP contribution is 2.37. The number of benzene rings is 2. The molecule has 0 bridgehead atoms. The maximum Gasteiger partial charge on any atom is 0.367 e. The number of rotatable bonds is 7. The predicted molar refractivity (Wildman–Crippen MR) is 89.7 cm³/mol. The molecule has 1 atom stereocenters. The third-order valence-electron chi connectivity index (χ3n) is 3.73. The summed E-state index contributed by atoms with van der Waals surface area (Å²) < 4.78 is 36.3. The van der Waals surface area contributed by atoms with E-state index in [0.29, 0.717) is 13.0 Å². The van der Waals surface area contributed by atoms with E-state index in [9.17, 15) is 13.6 Å². The number of hydrogen-bond acceptors (Lipinski definition) is 4. The Labute approximate surface area is 143 Å². The van der Waals surface area contributed by atoms with E-state index in [-0.39, 0.29) is 12.6 Å². The first kappa shape index (κ1) is 17.0. The lowest BCUT2D eigenvalue weighted by Crippen LogP contribution is -2.36. The van der Waals surface area contributed by atoms with Gasteiger partial charge < -0.3 is 14.8 Å². The second kappa shape index (κ2) is 6.94. The molecular weight excluding hydrogens is 336 g/mol. The van der Waals surface area contributed by atoms with E-state index in [4.69, 9.17) is 9.47 Å². The first-order chi connectivity index (χ1) is 11.5. The van der Waals surface area contributed by atoms with Gasteiger partial charge in [0.15, 0.2) is 0 Å². The Morgan fingerprint density at radius 2 is 2.00 bits per heavy atom. The lowest BCUT2D eigenvalue weighted by molar-refractivity contribution is -0.134.